The molecule has 0 bridgehead atoms. The van der Waals surface area contributed by atoms with E-state index in [1.807, 2.05) is 22.9 Å². The first kappa shape index (κ1) is 11.7. The Bertz CT molecular complexity index is 622. The number of halogens is 1. The van der Waals surface area contributed by atoms with Crippen molar-refractivity contribution in [2.75, 3.05) is 0 Å². The van der Waals surface area contributed by atoms with Crippen LogP contribution in [0.4, 0.5) is 4.39 Å². The molecule has 3 rings (SSSR count). The molecule has 0 saturated heterocycles. The van der Waals surface area contributed by atoms with Crippen LogP contribution >= 0.6 is 0 Å². The van der Waals surface area contributed by atoms with Gasteiger partial charge in [0.1, 0.15) is 5.82 Å². The van der Waals surface area contributed by atoms with Gasteiger partial charge in [-0.05, 0) is 43.3 Å². The molecule has 0 radical (unpaired) electrons. The molecule has 0 atom stereocenters. The summed E-state index contributed by atoms with van der Waals surface area (Å²) in [6.45, 7) is 2.06. The lowest BCUT2D eigenvalue weighted by Gasteiger charge is -2.01. The van der Waals surface area contributed by atoms with Gasteiger partial charge in [-0.2, -0.15) is 0 Å². The van der Waals surface area contributed by atoms with Crippen LogP contribution in [0, 0.1) is 12.7 Å². The van der Waals surface area contributed by atoms with E-state index in [9.17, 15) is 4.39 Å². The molecule has 0 N–H and O–H groups in total. The van der Waals surface area contributed by atoms with Crippen molar-refractivity contribution in [2.24, 2.45) is 0 Å². The topological polar surface area (TPSA) is 17.8 Å². The molecule has 94 valence electrons. The van der Waals surface area contributed by atoms with Crippen molar-refractivity contribution in [2.45, 2.75) is 6.92 Å². The van der Waals surface area contributed by atoms with Gasteiger partial charge in [-0.15, -0.1) is 0 Å². The summed E-state index contributed by atoms with van der Waals surface area (Å²) in [5, 5.41) is 0. The minimum absolute atomic E-state index is 0.235. The maximum absolute atomic E-state index is 12.9. The Labute approximate surface area is 111 Å². The Hall–Kier alpha value is -2.42. The van der Waals surface area contributed by atoms with E-state index in [1.54, 1.807) is 18.5 Å². The molecule has 0 saturated carbocycles. The number of rotatable bonds is 2. The van der Waals surface area contributed by atoms with Gasteiger partial charge in [0.25, 0.3) is 0 Å². The molecular formula is C16H13FN2. The van der Waals surface area contributed by atoms with Crippen molar-refractivity contribution in [3.63, 3.8) is 0 Å². The van der Waals surface area contributed by atoms with Crippen LogP contribution in [-0.2, 0) is 0 Å². The van der Waals surface area contributed by atoms with Gasteiger partial charge in [0.2, 0.25) is 0 Å². The van der Waals surface area contributed by atoms with Gasteiger partial charge < -0.3 is 4.57 Å². The summed E-state index contributed by atoms with van der Waals surface area (Å²) in [4.78, 5) is 4.36. The molecule has 19 heavy (non-hydrogen) atoms. The van der Waals surface area contributed by atoms with E-state index in [-0.39, 0.29) is 5.82 Å². The number of benzene rings is 2. The number of imidazole rings is 1. The SMILES string of the molecule is Cc1ccc(-n2cnc(-c3ccc(F)cc3)c2)cc1. The van der Waals surface area contributed by atoms with Gasteiger partial charge in [-0.1, -0.05) is 17.7 Å². The minimum atomic E-state index is -0.235. The molecule has 2 aromatic carbocycles. The fourth-order valence-corrected chi connectivity index (χ4v) is 1.95. The normalized spacial score (nSPS) is 10.6. The Morgan fingerprint density at radius 2 is 1.63 bits per heavy atom. The van der Waals surface area contributed by atoms with Crippen LogP contribution in [0.5, 0.6) is 0 Å². The highest BCUT2D eigenvalue weighted by Gasteiger charge is 2.03. The maximum atomic E-state index is 12.9. The van der Waals surface area contributed by atoms with Crippen molar-refractivity contribution in [1.82, 2.24) is 9.55 Å². The van der Waals surface area contributed by atoms with Crippen molar-refractivity contribution in [1.29, 1.82) is 0 Å². The fraction of sp³-hybridized carbons (Fsp3) is 0.0625. The highest BCUT2D eigenvalue weighted by molar-refractivity contribution is 5.58. The van der Waals surface area contributed by atoms with Crippen LogP contribution in [0.3, 0.4) is 0 Å². The summed E-state index contributed by atoms with van der Waals surface area (Å²) in [6.07, 6.45) is 3.71. The van der Waals surface area contributed by atoms with Gasteiger partial charge in [-0.3, -0.25) is 0 Å². The number of hydrogen-bond donors (Lipinski definition) is 0. The highest BCUT2D eigenvalue weighted by atomic mass is 19.1. The predicted molar refractivity (Wildman–Crippen MR) is 73.7 cm³/mol. The lowest BCUT2D eigenvalue weighted by Crippen LogP contribution is -1.89. The third kappa shape index (κ3) is 2.40. The van der Waals surface area contributed by atoms with Crippen molar-refractivity contribution < 1.29 is 4.39 Å². The Morgan fingerprint density at radius 1 is 0.947 bits per heavy atom. The van der Waals surface area contributed by atoms with Crippen molar-refractivity contribution in [3.05, 3.63) is 72.4 Å². The van der Waals surface area contributed by atoms with Gasteiger partial charge in [-0.25, -0.2) is 9.37 Å². The lowest BCUT2D eigenvalue weighted by molar-refractivity contribution is 0.628. The largest absolute Gasteiger partial charge is 0.306 e. The van der Waals surface area contributed by atoms with Gasteiger partial charge in [0, 0.05) is 17.4 Å². The average molecular weight is 252 g/mol. The van der Waals surface area contributed by atoms with Crippen LogP contribution in [-0.4, -0.2) is 9.55 Å². The zero-order chi connectivity index (χ0) is 13.2. The average Bonchev–Trinajstić information content (AvgIpc) is 2.90. The third-order valence-corrected chi connectivity index (χ3v) is 3.05. The number of nitrogens with zero attached hydrogens (tertiary/aromatic N) is 2. The highest BCUT2D eigenvalue weighted by Crippen LogP contribution is 2.19. The minimum Gasteiger partial charge on any atom is -0.306 e. The molecule has 1 heterocycles. The monoisotopic (exact) mass is 252 g/mol. The summed E-state index contributed by atoms with van der Waals surface area (Å²) < 4.78 is 14.8. The Balaban J connectivity index is 1.95. The van der Waals surface area contributed by atoms with Crippen LogP contribution in [0.25, 0.3) is 16.9 Å². The molecule has 3 heteroatoms. The number of aryl methyl sites for hydroxylation is 1. The number of aromatic nitrogens is 2. The molecule has 0 fully saturated rings. The molecule has 3 aromatic rings. The van der Waals surface area contributed by atoms with Crippen LogP contribution in [0.2, 0.25) is 0 Å². The van der Waals surface area contributed by atoms with Crippen LogP contribution in [0.15, 0.2) is 61.1 Å². The maximum Gasteiger partial charge on any atom is 0.123 e. The van der Waals surface area contributed by atoms with E-state index < -0.39 is 0 Å². The summed E-state index contributed by atoms with van der Waals surface area (Å²) in [5.41, 5.74) is 4.03. The zero-order valence-electron chi connectivity index (χ0n) is 10.5. The predicted octanol–water partition coefficient (Wildman–Crippen LogP) is 3.99. The van der Waals surface area contributed by atoms with Crippen molar-refractivity contribution >= 4 is 0 Å². The molecule has 0 unspecified atom stereocenters. The van der Waals surface area contributed by atoms with E-state index >= 15 is 0 Å². The quantitative estimate of drug-likeness (QED) is 0.674. The zero-order valence-corrected chi connectivity index (χ0v) is 10.5. The standard InChI is InChI=1S/C16H13FN2/c1-12-2-8-15(9-3-12)19-10-16(18-11-19)13-4-6-14(17)7-5-13/h2-11H,1H3. The lowest BCUT2D eigenvalue weighted by atomic mass is 10.2. The smallest absolute Gasteiger partial charge is 0.123 e. The molecule has 0 spiro atoms. The van der Waals surface area contributed by atoms with Crippen LogP contribution < -0.4 is 0 Å². The Morgan fingerprint density at radius 3 is 2.32 bits per heavy atom. The Kier molecular flexibility index (Phi) is 2.88. The molecule has 2 nitrogen and oxygen atoms in total. The van der Waals surface area contributed by atoms with Gasteiger partial charge >= 0.3 is 0 Å². The van der Waals surface area contributed by atoms with E-state index in [2.05, 4.69) is 24.0 Å². The summed E-state index contributed by atoms with van der Waals surface area (Å²) in [6, 6.07) is 14.6. The van der Waals surface area contributed by atoms with Gasteiger partial charge in [0.05, 0.1) is 12.0 Å². The molecule has 1 aromatic heterocycles. The molecule has 0 aliphatic carbocycles. The second kappa shape index (κ2) is 4.69. The van der Waals surface area contributed by atoms with E-state index in [0.29, 0.717) is 0 Å². The summed E-state index contributed by atoms with van der Waals surface area (Å²) in [7, 11) is 0. The second-order valence-electron chi connectivity index (χ2n) is 4.51. The summed E-state index contributed by atoms with van der Waals surface area (Å²) >= 11 is 0. The van der Waals surface area contributed by atoms with E-state index in [4.69, 9.17) is 0 Å². The summed E-state index contributed by atoms with van der Waals surface area (Å²) in [5.74, 6) is -0.235. The first-order valence-electron chi connectivity index (χ1n) is 6.09. The molecular weight excluding hydrogens is 239 g/mol. The van der Waals surface area contributed by atoms with Crippen LogP contribution in [0.1, 0.15) is 5.56 Å². The first-order valence-corrected chi connectivity index (χ1v) is 6.09. The molecule has 0 aliphatic rings. The molecule has 0 aliphatic heterocycles. The number of hydrogen-bond acceptors (Lipinski definition) is 1. The van der Waals surface area contributed by atoms with E-state index in [1.165, 1.54) is 17.7 Å². The van der Waals surface area contributed by atoms with E-state index in [0.717, 1.165) is 16.9 Å². The molecule has 0 amide bonds. The third-order valence-electron chi connectivity index (χ3n) is 3.05. The fourth-order valence-electron chi connectivity index (χ4n) is 1.95. The van der Waals surface area contributed by atoms with Crippen molar-refractivity contribution in [3.8, 4) is 16.9 Å². The first-order chi connectivity index (χ1) is 9.22. The second-order valence-corrected chi connectivity index (χ2v) is 4.51. The van der Waals surface area contributed by atoms with Gasteiger partial charge in [0.15, 0.2) is 0 Å².